The molecule has 8 heteroatoms. The Morgan fingerprint density at radius 1 is 1.04 bits per heavy atom. The van der Waals surface area contributed by atoms with Gasteiger partial charge in [0.05, 0.1) is 18.2 Å². The number of methoxy groups -OCH3 is 1. The van der Waals surface area contributed by atoms with Gasteiger partial charge in [-0.05, 0) is 42.5 Å². The van der Waals surface area contributed by atoms with E-state index in [0.717, 1.165) is 12.1 Å². The Morgan fingerprint density at radius 2 is 1.73 bits per heavy atom. The molecule has 26 heavy (non-hydrogen) atoms. The molecule has 0 aromatic heterocycles. The Bertz CT molecular complexity index is 774. The van der Waals surface area contributed by atoms with Gasteiger partial charge < -0.3 is 15.4 Å². The molecule has 0 atom stereocenters. The number of carbonyl (C=O) groups is 2. The van der Waals surface area contributed by atoms with Crippen LogP contribution in [0.1, 0.15) is 22.3 Å². The lowest BCUT2D eigenvalue weighted by molar-refractivity contribution is -0.137. The van der Waals surface area contributed by atoms with Crippen LogP contribution in [0.2, 0.25) is 0 Å². The summed E-state index contributed by atoms with van der Waals surface area (Å²) < 4.78 is 42.1. The minimum atomic E-state index is -4.38. The molecule has 138 valence electrons. The number of hydrogen-bond donors (Lipinski definition) is 2. The van der Waals surface area contributed by atoms with E-state index in [1.807, 2.05) is 0 Å². The van der Waals surface area contributed by atoms with Crippen molar-refractivity contribution in [3.05, 3.63) is 59.7 Å². The van der Waals surface area contributed by atoms with Crippen LogP contribution in [-0.2, 0) is 15.7 Å². The summed E-state index contributed by atoms with van der Waals surface area (Å²) in [7, 11) is 1.26. The van der Waals surface area contributed by atoms with Crippen LogP contribution < -0.4 is 10.6 Å². The lowest BCUT2D eigenvalue weighted by Crippen LogP contribution is -2.16. The fraction of sp³-hybridized carbons (Fsp3) is 0.222. The highest BCUT2D eigenvalue weighted by Crippen LogP contribution is 2.29. The van der Waals surface area contributed by atoms with Gasteiger partial charge in [-0.1, -0.05) is 6.07 Å². The van der Waals surface area contributed by atoms with Gasteiger partial charge in [0.1, 0.15) is 0 Å². The number of rotatable bonds is 6. The minimum absolute atomic E-state index is 0.101. The van der Waals surface area contributed by atoms with Crippen LogP contribution in [0, 0.1) is 0 Å². The zero-order valence-electron chi connectivity index (χ0n) is 13.9. The summed E-state index contributed by atoms with van der Waals surface area (Å²) in [5.74, 6) is -0.809. The number of halogens is 3. The standard InChI is InChI=1S/C18H17F3N2O3/c1-26-17(25)12-3-2-4-15(11-12)23-16(24)9-10-22-14-7-5-13(6-8-14)18(19,20)21/h2-8,11,22H,9-10H2,1H3,(H,23,24). The van der Waals surface area contributed by atoms with Gasteiger partial charge in [0.15, 0.2) is 0 Å². The number of alkyl halides is 3. The van der Waals surface area contributed by atoms with E-state index in [0.29, 0.717) is 16.9 Å². The average Bonchev–Trinajstić information content (AvgIpc) is 2.61. The van der Waals surface area contributed by atoms with Crippen molar-refractivity contribution in [3.8, 4) is 0 Å². The van der Waals surface area contributed by atoms with Gasteiger partial charge >= 0.3 is 12.1 Å². The first-order valence-corrected chi connectivity index (χ1v) is 7.69. The van der Waals surface area contributed by atoms with Crippen molar-refractivity contribution >= 4 is 23.3 Å². The summed E-state index contributed by atoms with van der Waals surface area (Å²) in [6.07, 6.45) is -4.28. The number of hydrogen-bond acceptors (Lipinski definition) is 4. The van der Waals surface area contributed by atoms with Crippen LogP contribution in [0.5, 0.6) is 0 Å². The molecule has 0 spiro atoms. The van der Waals surface area contributed by atoms with E-state index in [1.165, 1.54) is 25.3 Å². The van der Waals surface area contributed by atoms with Crippen molar-refractivity contribution in [1.29, 1.82) is 0 Å². The Labute approximate surface area is 148 Å². The van der Waals surface area contributed by atoms with Crippen molar-refractivity contribution in [2.75, 3.05) is 24.3 Å². The van der Waals surface area contributed by atoms with Crippen molar-refractivity contribution in [2.24, 2.45) is 0 Å². The molecule has 0 fully saturated rings. The molecule has 0 unspecified atom stereocenters. The molecule has 2 N–H and O–H groups in total. The van der Waals surface area contributed by atoms with Crippen molar-refractivity contribution in [3.63, 3.8) is 0 Å². The summed E-state index contributed by atoms with van der Waals surface area (Å²) >= 11 is 0. The van der Waals surface area contributed by atoms with E-state index in [4.69, 9.17) is 0 Å². The van der Waals surface area contributed by atoms with Gasteiger partial charge in [-0.25, -0.2) is 4.79 Å². The first kappa shape index (κ1) is 19.3. The fourth-order valence-corrected chi connectivity index (χ4v) is 2.16. The molecule has 0 radical (unpaired) electrons. The highest BCUT2D eigenvalue weighted by atomic mass is 19.4. The molecular weight excluding hydrogens is 349 g/mol. The molecule has 2 aromatic carbocycles. The second-order valence-corrected chi connectivity index (χ2v) is 5.37. The predicted octanol–water partition coefficient (Wildman–Crippen LogP) is 3.93. The predicted molar refractivity (Wildman–Crippen MR) is 91.0 cm³/mol. The van der Waals surface area contributed by atoms with Gasteiger partial charge in [-0.3, -0.25) is 4.79 Å². The van der Waals surface area contributed by atoms with E-state index in [-0.39, 0.29) is 18.9 Å². The molecular formula is C18H17F3N2O3. The number of anilines is 2. The number of amides is 1. The summed E-state index contributed by atoms with van der Waals surface area (Å²) in [4.78, 5) is 23.4. The van der Waals surface area contributed by atoms with Crippen molar-refractivity contribution in [2.45, 2.75) is 12.6 Å². The van der Waals surface area contributed by atoms with Gasteiger partial charge in [-0.15, -0.1) is 0 Å². The van der Waals surface area contributed by atoms with Gasteiger partial charge in [0.2, 0.25) is 5.91 Å². The van der Waals surface area contributed by atoms with Crippen LogP contribution in [0.25, 0.3) is 0 Å². The van der Waals surface area contributed by atoms with Crippen LogP contribution in [-0.4, -0.2) is 25.5 Å². The Morgan fingerprint density at radius 3 is 2.35 bits per heavy atom. The molecule has 2 aromatic rings. The normalized spacial score (nSPS) is 10.9. The number of benzene rings is 2. The molecule has 0 aliphatic carbocycles. The largest absolute Gasteiger partial charge is 0.465 e. The average molecular weight is 366 g/mol. The minimum Gasteiger partial charge on any atom is -0.465 e. The summed E-state index contributed by atoms with van der Waals surface area (Å²) in [6.45, 7) is 0.244. The second-order valence-electron chi connectivity index (χ2n) is 5.37. The Hall–Kier alpha value is -3.03. The van der Waals surface area contributed by atoms with E-state index < -0.39 is 17.7 Å². The molecule has 0 saturated heterocycles. The molecule has 0 heterocycles. The molecule has 0 aliphatic rings. The number of ether oxygens (including phenoxy) is 1. The van der Waals surface area contributed by atoms with Crippen molar-refractivity contribution in [1.82, 2.24) is 0 Å². The first-order chi connectivity index (χ1) is 12.3. The quantitative estimate of drug-likeness (QED) is 0.760. The van der Waals surface area contributed by atoms with Crippen LogP contribution in [0.15, 0.2) is 48.5 Å². The molecule has 0 saturated carbocycles. The lowest BCUT2D eigenvalue weighted by Gasteiger charge is -2.10. The smallest absolute Gasteiger partial charge is 0.416 e. The van der Waals surface area contributed by atoms with Gasteiger partial charge in [-0.2, -0.15) is 13.2 Å². The SMILES string of the molecule is COC(=O)c1cccc(NC(=O)CCNc2ccc(C(F)(F)F)cc2)c1. The molecule has 1 amide bonds. The maximum atomic E-state index is 12.5. The van der Waals surface area contributed by atoms with Crippen LogP contribution in [0.4, 0.5) is 24.5 Å². The van der Waals surface area contributed by atoms with Crippen LogP contribution in [0.3, 0.4) is 0 Å². The highest BCUT2D eigenvalue weighted by Gasteiger charge is 2.29. The van der Waals surface area contributed by atoms with Gasteiger partial charge in [0.25, 0.3) is 0 Å². The van der Waals surface area contributed by atoms with Crippen molar-refractivity contribution < 1.29 is 27.5 Å². The van der Waals surface area contributed by atoms with Gasteiger partial charge in [0, 0.05) is 24.3 Å². The Kier molecular flexibility index (Phi) is 6.21. The zero-order chi connectivity index (χ0) is 19.2. The number of esters is 1. The number of carbonyl (C=O) groups excluding carboxylic acids is 2. The summed E-state index contributed by atoms with van der Waals surface area (Å²) in [5.41, 5.74) is 0.519. The number of nitrogens with one attached hydrogen (secondary N) is 2. The highest BCUT2D eigenvalue weighted by molar-refractivity contribution is 5.94. The molecule has 0 bridgehead atoms. The van der Waals surface area contributed by atoms with E-state index >= 15 is 0 Å². The Balaban J connectivity index is 1.83. The lowest BCUT2D eigenvalue weighted by atomic mass is 10.2. The zero-order valence-corrected chi connectivity index (χ0v) is 13.9. The maximum absolute atomic E-state index is 12.5. The third-order valence-corrected chi connectivity index (χ3v) is 3.46. The summed E-state index contributed by atoms with van der Waals surface area (Å²) in [5, 5.41) is 5.52. The summed E-state index contributed by atoms with van der Waals surface area (Å²) in [6, 6.07) is 10.9. The van der Waals surface area contributed by atoms with Crippen LogP contribution >= 0.6 is 0 Å². The monoisotopic (exact) mass is 366 g/mol. The fourth-order valence-electron chi connectivity index (χ4n) is 2.16. The second kappa shape index (κ2) is 8.37. The third-order valence-electron chi connectivity index (χ3n) is 3.46. The molecule has 2 rings (SSSR count). The van der Waals surface area contributed by atoms with E-state index in [2.05, 4.69) is 15.4 Å². The maximum Gasteiger partial charge on any atom is 0.416 e. The third kappa shape index (κ3) is 5.51. The van der Waals surface area contributed by atoms with E-state index in [9.17, 15) is 22.8 Å². The molecule has 5 nitrogen and oxygen atoms in total. The first-order valence-electron chi connectivity index (χ1n) is 7.69. The molecule has 0 aliphatic heterocycles. The van der Waals surface area contributed by atoms with E-state index in [1.54, 1.807) is 18.2 Å². The topological polar surface area (TPSA) is 67.4 Å².